The molecule has 0 aliphatic carbocycles. The lowest BCUT2D eigenvalue weighted by atomic mass is 9.94. The van der Waals surface area contributed by atoms with E-state index in [9.17, 15) is 28.8 Å². The first-order chi connectivity index (χ1) is 21.5. The predicted molar refractivity (Wildman–Crippen MR) is 164 cm³/mol. The molecule has 246 valence electrons. The fourth-order valence-electron chi connectivity index (χ4n) is 6.41. The summed E-state index contributed by atoms with van der Waals surface area (Å²) in [5.74, 6) is -2.05. The van der Waals surface area contributed by atoms with Gasteiger partial charge in [0.25, 0.3) is 0 Å². The fraction of sp³-hybridized carbons (Fsp3) is 0.625. The zero-order chi connectivity index (χ0) is 32.5. The summed E-state index contributed by atoms with van der Waals surface area (Å²) >= 11 is 0. The molecule has 0 bridgehead atoms. The monoisotopic (exact) mass is 626 g/mol. The molecule has 1 aromatic rings. The van der Waals surface area contributed by atoms with Crippen LogP contribution in [0.15, 0.2) is 30.3 Å². The number of hydrogen-bond acceptors (Lipinski definition) is 7. The van der Waals surface area contributed by atoms with E-state index in [4.69, 9.17) is 10.5 Å². The molecule has 4 rings (SSSR count). The van der Waals surface area contributed by atoms with E-state index in [1.54, 1.807) is 9.80 Å². The molecule has 0 spiro atoms. The van der Waals surface area contributed by atoms with Gasteiger partial charge in [-0.3, -0.25) is 28.9 Å². The van der Waals surface area contributed by atoms with Crippen molar-refractivity contribution in [1.82, 2.24) is 25.3 Å². The largest absolute Gasteiger partial charge is 0.445 e. The quantitative estimate of drug-likeness (QED) is 0.331. The molecule has 3 fully saturated rings. The molecule has 3 aliphatic heterocycles. The van der Waals surface area contributed by atoms with Gasteiger partial charge in [0.2, 0.25) is 29.5 Å². The third-order valence-electron chi connectivity index (χ3n) is 8.75. The highest BCUT2D eigenvalue weighted by atomic mass is 16.6. The Morgan fingerprint density at radius 1 is 0.867 bits per heavy atom. The van der Waals surface area contributed by atoms with Gasteiger partial charge in [0.1, 0.15) is 24.7 Å². The van der Waals surface area contributed by atoms with Crippen LogP contribution >= 0.6 is 0 Å². The number of amides is 6. The molecule has 1 aromatic carbocycles. The molecule has 13 heteroatoms. The number of carbonyl (C=O) groups excluding carboxylic acids is 6. The second-order valence-electron chi connectivity index (χ2n) is 12.6. The lowest BCUT2D eigenvalue weighted by molar-refractivity contribution is -0.145. The molecule has 3 atom stereocenters. The lowest BCUT2D eigenvalue weighted by Gasteiger charge is -2.36. The maximum absolute atomic E-state index is 13.6. The van der Waals surface area contributed by atoms with Crippen molar-refractivity contribution in [3.63, 3.8) is 0 Å². The molecule has 45 heavy (non-hydrogen) atoms. The van der Waals surface area contributed by atoms with Crippen molar-refractivity contribution in [3.05, 3.63) is 35.9 Å². The molecule has 3 saturated heterocycles. The van der Waals surface area contributed by atoms with E-state index in [1.165, 1.54) is 4.90 Å². The summed E-state index contributed by atoms with van der Waals surface area (Å²) in [4.78, 5) is 81.8. The summed E-state index contributed by atoms with van der Waals surface area (Å²) in [5, 5.41) is 5.25. The van der Waals surface area contributed by atoms with Crippen LogP contribution in [-0.2, 0) is 35.3 Å². The number of primary amides is 1. The maximum atomic E-state index is 13.6. The molecule has 6 amide bonds. The highest BCUT2D eigenvalue weighted by molar-refractivity contribution is 5.94. The van der Waals surface area contributed by atoms with E-state index >= 15 is 0 Å². The van der Waals surface area contributed by atoms with Crippen LogP contribution in [-0.4, -0.2) is 101 Å². The minimum absolute atomic E-state index is 0.0973. The second-order valence-corrected chi connectivity index (χ2v) is 12.6. The van der Waals surface area contributed by atoms with Crippen LogP contribution in [0.5, 0.6) is 0 Å². The average molecular weight is 627 g/mol. The summed E-state index contributed by atoms with van der Waals surface area (Å²) in [6.07, 6.45) is 3.24. The highest BCUT2D eigenvalue weighted by Gasteiger charge is 2.42. The van der Waals surface area contributed by atoms with Gasteiger partial charge < -0.3 is 30.9 Å². The van der Waals surface area contributed by atoms with Gasteiger partial charge in [-0.25, -0.2) is 4.79 Å². The Hall–Kier alpha value is -4.16. The van der Waals surface area contributed by atoms with Crippen molar-refractivity contribution >= 4 is 35.6 Å². The molecule has 0 unspecified atom stereocenters. The van der Waals surface area contributed by atoms with Crippen molar-refractivity contribution in [3.8, 4) is 0 Å². The summed E-state index contributed by atoms with van der Waals surface area (Å²) in [6, 6.07) is 7.26. The summed E-state index contributed by atoms with van der Waals surface area (Å²) in [6.45, 7) is 5.34. The van der Waals surface area contributed by atoms with Crippen LogP contribution < -0.4 is 16.4 Å². The van der Waals surface area contributed by atoms with Crippen molar-refractivity contribution in [2.75, 3.05) is 32.7 Å². The van der Waals surface area contributed by atoms with E-state index in [1.807, 2.05) is 44.2 Å². The zero-order valence-electron chi connectivity index (χ0n) is 26.2. The smallest absolute Gasteiger partial charge is 0.410 e. The Labute approximate surface area is 264 Å². The van der Waals surface area contributed by atoms with Gasteiger partial charge in [-0.05, 0) is 56.4 Å². The molecular weight excluding hydrogens is 580 g/mol. The number of ether oxygens (including phenoxy) is 1. The number of hydrogen-bond donors (Lipinski definition) is 3. The van der Waals surface area contributed by atoms with Gasteiger partial charge >= 0.3 is 6.09 Å². The van der Waals surface area contributed by atoms with Crippen LogP contribution in [0.4, 0.5) is 4.79 Å². The van der Waals surface area contributed by atoms with E-state index in [0.717, 1.165) is 12.0 Å². The van der Waals surface area contributed by atoms with E-state index in [0.29, 0.717) is 64.7 Å². The number of nitrogens with one attached hydrogen (secondary N) is 2. The van der Waals surface area contributed by atoms with Crippen LogP contribution in [0.1, 0.15) is 64.4 Å². The molecule has 0 radical (unpaired) electrons. The molecule has 3 heterocycles. The summed E-state index contributed by atoms with van der Waals surface area (Å²) in [5.41, 5.74) is 6.02. The molecule has 0 aromatic heterocycles. The topological polar surface area (TPSA) is 171 Å². The van der Waals surface area contributed by atoms with E-state index in [2.05, 4.69) is 10.6 Å². The highest BCUT2D eigenvalue weighted by Crippen LogP contribution is 2.28. The number of rotatable bonds is 11. The first kappa shape index (κ1) is 33.7. The predicted octanol–water partition coefficient (Wildman–Crippen LogP) is 1.15. The second kappa shape index (κ2) is 15.7. The minimum atomic E-state index is -0.852. The van der Waals surface area contributed by atoms with E-state index < -0.39 is 41.9 Å². The first-order valence-electron chi connectivity index (χ1n) is 16.0. The summed E-state index contributed by atoms with van der Waals surface area (Å²) < 4.78 is 5.48. The molecular formula is C32H46N6O7. The van der Waals surface area contributed by atoms with Gasteiger partial charge in [0.15, 0.2) is 0 Å². The number of likely N-dealkylation sites (tertiary alicyclic amines) is 3. The van der Waals surface area contributed by atoms with Gasteiger partial charge in [-0.2, -0.15) is 0 Å². The van der Waals surface area contributed by atoms with Gasteiger partial charge in [0.05, 0.1) is 6.54 Å². The van der Waals surface area contributed by atoms with Crippen molar-refractivity contribution < 1.29 is 33.5 Å². The van der Waals surface area contributed by atoms with E-state index in [-0.39, 0.29) is 36.8 Å². The fourth-order valence-corrected chi connectivity index (χ4v) is 6.41. The Morgan fingerprint density at radius 2 is 1.51 bits per heavy atom. The first-order valence-corrected chi connectivity index (χ1v) is 16.0. The molecule has 3 aliphatic rings. The van der Waals surface area contributed by atoms with Gasteiger partial charge in [-0.1, -0.05) is 44.2 Å². The number of nitrogens with zero attached hydrogens (tertiary/aromatic N) is 3. The van der Waals surface area contributed by atoms with Crippen LogP contribution in [0.25, 0.3) is 0 Å². The number of piperidine rings is 1. The van der Waals surface area contributed by atoms with Gasteiger partial charge in [0, 0.05) is 32.1 Å². The molecule has 13 nitrogen and oxygen atoms in total. The van der Waals surface area contributed by atoms with Gasteiger partial charge in [-0.15, -0.1) is 0 Å². The molecule has 4 N–H and O–H groups in total. The standard InChI is InChI=1S/C32H46N6O7/c1-21(2)18-24(28(40)34-19-27(33)39)35-29(41)25-10-6-14-37(25)30(42)23-12-16-36(17-13-23)31(43)26-11-7-15-38(26)32(44)45-20-22-8-4-3-5-9-22/h3-5,8-9,21,23-26H,6-7,10-20H2,1-2H3,(H2,33,39)(H,34,40)(H,35,41)/t24-,25-,26-/m1/s1. The lowest BCUT2D eigenvalue weighted by Crippen LogP contribution is -2.55. The third kappa shape index (κ3) is 8.95. The normalized spacial score (nSPS) is 21.0. The Kier molecular flexibility index (Phi) is 11.8. The van der Waals surface area contributed by atoms with Crippen molar-refractivity contribution in [2.45, 2.75) is 83.5 Å². The number of nitrogens with two attached hydrogens (primary N) is 1. The zero-order valence-corrected chi connectivity index (χ0v) is 26.2. The average Bonchev–Trinajstić information content (AvgIpc) is 3.73. The third-order valence-corrected chi connectivity index (χ3v) is 8.75. The number of benzene rings is 1. The SMILES string of the molecule is CC(C)C[C@@H](NC(=O)[C@H]1CCCN1C(=O)C1CCN(C(=O)[C@H]2CCCN2C(=O)OCc2ccccc2)CC1)C(=O)NCC(N)=O. The Bertz CT molecular complexity index is 1230. The number of carbonyl (C=O) groups is 6. The Balaban J connectivity index is 1.29. The van der Waals surface area contributed by atoms with Crippen molar-refractivity contribution in [1.29, 1.82) is 0 Å². The van der Waals surface area contributed by atoms with Crippen LogP contribution in [0.3, 0.4) is 0 Å². The van der Waals surface area contributed by atoms with Crippen LogP contribution in [0.2, 0.25) is 0 Å². The maximum Gasteiger partial charge on any atom is 0.410 e. The Morgan fingerprint density at radius 3 is 2.16 bits per heavy atom. The molecule has 0 saturated carbocycles. The van der Waals surface area contributed by atoms with Crippen molar-refractivity contribution in [2.24, 2.45) is 17.6 Å². The van der Waals surface area contributed by atoms with Crippen LogP contribution in [0, 0.1) is 11.8 Å². The summed E-state index contributed by atoms with van der Waals surface area (Å²) in [7, 11) is 0. The minimum Gasteiger partial charge on any atom is -0.445 e.